The molecule has 90 valence electrons. The second-order valence-electron chi connectivity index (χ2n) is 3.80. The Balaban J connectivity index is 2.32. The quantitative estimate of drug-likeness (QED) is 0.452. The highest BCUT2D eigenvalue weighted by atomic mass is 16.5. The fourth-order valence-corrected chi connectivity index (χ4v) is 1.94. The van der Waals surface area contributed by atoms with Gasteiger partial charge in [-0.2, -0.15) is 0 Å². The second-order valence-corrected chi connectivity index (χ2v) is 3.80. The van der Waals surface area contributed by atoms with E-state index < -0.39 is 11.8 Å². The number of rotatable bonds is 3. The monoisotopic (exact) mass is 234 g/mol. The number of carbonyl (C=O) groups excluding carboxylic acids is 2. The van der Waals surface area contributed by atoms with Crippen LogP contribution in [0.1, 0.15) is 28.4 Å². The molecule has 0 saturated carbocycles. The first kappa shape index (κ1) is 11.8. The molecule has 0 unspecified atom stereocenters. The fraction of sp³-hybridized carbons (Fsp3) is 0.385. The van der Waals surface area contributed by atoms with Gasteiger partial charge in [-0.15, -0.1) is 0 Å². The fourth-order valence-electron chi connectivity index (χ4n) is 1.94. The SMILES string of the molecule is CCOC(=O)C(=O)c1cccc2c1CCOC2. The molecule has 0 aliphatic carbocycles. The van der Waals surface area contributed by atoms with E-state index in [1.54, 1.807) is 19.1 Å². The van der Waals surface area contributed by atoms with Crippen molar-refractivity contribution in [3.63, 3.8) is 0 Å². The number of ether oxygens (including phenoxy) is 2. The third kappa shape index (κ3) is 2.36. The molecule has 1 aliphatic heterocycles. The van der Waals surface area contributed by atoms with E-state index >= 15 is 0 Å². The molecule has 1 aromatic carbocycles. The van der Waals surface area contributed by atoms with Gasteiger partial charge in [0.15, 0.2) is 0 Å². The highest BCUT2D eigenvalue weighted by Gasteiger charge is 2.23. The molecule has 2 rings (SSSR count). The van der Waals surface area contributed by atoms with Crippen LogP contribution in [0.3, 0.4) is 0 Å². The maximum Gasteiger partial charge on any atom is 0.379 e. The van der Waals surface area contributed by atoms with Crippen molar-refractivity contribution in [1.82, 2.24) is 0 Å². The number of carbonyl (C=O) groups is 2. The van der Waals surface area contributed by atoms with Crippen LogP contribution in [0.4, 0.5) is 0 Å². The average Bonchev–Trinajstić information content (AvgIpc) is 2.37. The number of hydrogen-bond acceptors (Lipinski definition) is 4. The van der Waals surface area contributed by atoms with E-state index in [9.17, 15) is 9.59 Å². The molecule has 17 heavy (non-hydrogen) atoms. The van der Waals surface area contributed by atoms with Gasteiger partial charge in [0, 0.05) is 5.56 Å². The van der Waals surface area contributed by atoms with E-state index in [4.69, 9.17) is 9.47 Å². The van der Waals surface area contributed by atoms with Crippen molar-refractivity contribution in [1.29, 1.82) is 0 Å². The molecule has 0 N–H and O–H groups in total. The summed E-state index contributed by atoms with van der Waals surface area (Å²) in [6, 6.07) is 5.35. The Morgan fingerprint density at radius 1 is 1.41 bits per heavy atom. The first-order chi connectivity index (χ1) is 8.24. The largest absolute Gasteiger partial charge is 0.460 e. The summed E-state index contributed by atoms with van der Waals surface area (Å²) in [6.45, 7) is 2.97. The van der Waals surface area contributed by atoms with Gasteiger partial charge in [0.2, 0.25) is 0 Å². The highest BCUT2D eigenvalue weighted by molar-refractivity contribution is 6.41. The number of hydrogen-bond donors (Lipinski definition) is 0. The molecule has 0 amide bonds. The van der Waals surface area contributed by atoms with Crippen LogP contribution in [-0.2, 0) is 27.3 Å². The molecule has 1 heterocycles. The molecule has 0 saturated heterocycles. The molecule has 4 nitrogen and oxygen atoms in total. The van der Waals surface area contributed by atoms with Crippen molar-refractivity contribution in [2.75, 3.05) is 13.2 Å². The van der Waals surface area contributed by atoms with Gasteiger partial charge >= 0.3 is 5.97 Å². The van der Waals surface area contributed by atoms with E-state index in [1.807, 2.05) is 6.07 Å². The number of ketones is 1. The molecule has 1 aliphatic rings. The summed E-state index contributed by atoms with van der Waals surface area (Å²) >= 11 is 0. The number of Topliss-reactive ketones (excluding diaryl/α,β-unsaturated/α-hetero) is 1. The van der Waals surface area contributed by atoms with E-state index in [-0.39, 0.29) is 6.61 Å². The first-order valence-corrected chi connectivity index (χ1v) is 5.64. The zero-order chi connectivity index (χ0) is 12.3. The van der Waals surface area contributed by atoms with Gasteiger partial charge in [-0.1, -0.05) is 18.2 Å². The third-order valence-corrected chi connectivity index (χ3v) is 2.73. The summed E-state index contributed by atoms with van der Waals surface area (Å²) in [5, 5.41) is 0. The van der Waals surface area contributed by atoms with Crippen LogP contribution in [0.5, 0.6) is 0 Å². The van der Waals surface area contributed by atoms with Crippen LogP contribution in [0.2, 0.25) is 0 Å². The van der Waals surface area contributed by atoms with Crippen LogP contribution in [-0.4, -0.2) is 25.0 Å². The van der Waals surface area contributed by atoms with Crippen molar-refractivity contribution in [2.24, 2.45) is 0 Å². The molecular formula is C13H14O4. The maximum absolute atomic E-state index is 11.9. The lowest BCUT2D eigenvalue weighted by Gasteiger charge is -2.18. The molecular weight excluding hydrogens is 220 g/mol. The number of fused-ring (bicyclic) bond motifs is 1. The van der Waals surface area contributed by atoms with Gasteiger partial charge in [0.1, 0.15) is 0 Å². The van der Waals surface area contributed by atoms with Gasteiger partial charge in [-0.05, 0) is 24.5 Å². The summed E-state index contributed by atoms with van der Waals surface area (Å²) in [6.07, 6.45) is 0.663. The summed E-state index contributed by atoms with van der Waals surface area (Å²) in [7, 11) is 0. The van der Waals surface area contributed by atoms with Crippen molar-refractivity contribution in [3.8, 4) is 0 Å². The minimum absolute atomic E-state index is 0.211. The van der Waals surface area contributed by atoms with Gasteiger partial charge in [0.25, 0.3) is 5.78 Å². The third-order valence-electron chi connectivity index (χ3n) is 2.73. The standard InChI is InChI=1S/C13H14O4/c1-2-17-13(15)12(14)11-5-3-4-9-8-16-7-6-10(9)11/h3-5H,2,6-8H2,1H3. The van der Waals surface area contributed by atoms with Crippen LogP contribution in [0.15, 0.2) is 18.2 Å². The van der Waals surface area contributed by atoms with E-state index in [0.717, 1.165) is 11.1 Å². The molecule has 4 heteroatoms. The number of benzene rings is 1. The average molecular weight is 234 g/mol. The molecule has 0 aromatic heterocycles. The summed E-state index contributed by atoms with van der Waals surface area (Å²) in [5.74, 6) is -1.35. The van der Waals surface area contributed by atoms with Crippen molar-refractivity contribution < 1.29 is 19.1 Å². The Morgan fingerprint density at radius 3 is 3.00 bits per heavy atom. The molecule has 0 atom stereocenters. The van der Waals surface area contributed by atoms with Crippen LogP contribution >= 0.6 is 0 Å². The zero-order valence-corrected chi connectivity index (χ0v) is 9.69. The van der Waals surface area contributed by atoms with Gasteiger partial charge in [-0.3, -0.25) is 4.79 Å². The predicted octanol–water partition coefficient (Wildman–Crippen LogP) is 1.51. The lowest BCUT2D eigenvalue weighted by molar-refractivity contribution is -0.137. The van der Waals surface area contributed by atoms with E-state index in [0.29, 0.717) is 25.2 Å². The molecule has 0 spiro atoms. The van der Waals surface area contributed by atoms with Crippen molar-refractivity contribution in [3.05, 3.63) is 34.9 Å². The molecule has 0 radical (unpaired) electrons. The normalized spacial score (nSPS) is 13.9. The summed E-state index contributed by atoms with van der Waals surface area (Å²) < 4.78 is 10.0. The Hall–Kier alpha value is -1.68. The minimum atomic E-state index is -0.785. The first-order valence-electron chi connectivity index (χ1n) is 5.64. The maximum atomic E-state index is 11.9. The number of esters is 1. The Labute approximate surface area is 99.5 Å². The Kier molecular flexibility index (Phi) is 3.54. The Bertz CT molecular complexity index is 451. The van der Waals surface area contributed by atoms with Crippen molar-refractivity contribution >= 4 is 11.8 Å². The molecule has 0 bridgehead atoms. The van der Waals surface area contributed by atoms with E-state index in [2.05, 4.69) is 0 Å². The van der Waals surface area contributed by atoms with Gasteiger partial charge < -0.3 is 9.47 Å². The smallest absolute Gasteiger partial charge is 0.379 e. The minimum Gasteiger partial charge on any atom is -0.460 e. The topological polar surface area (TPSA) is 52.6 Å². The van der Waals surface area contributed by atoms with Crippen molar-refractivity contribution in [2.45, 2.75) is 20.0 Å². The zero-order valence-electron chi connectivity index (χ0n) is 9.69. The molecule has 0 fully saturated rings. The predicted molar refractivity (Wildman–Crippen MR) is 60.8 cm³/mol. The molecule has 1 aromatic rings. The van der Waals surface area contributed by atoms with Gasteiger partial charge in [0.05, 0.1) is 19.8 Å². The summed E-state index contributed by atoms with van der Waals surface area (Å²) in [5.41, 5.74) is 2.34. The van der Waals surface area contributed by atoms with E-state index in [1.165, 1.54) is 0 Å². The highest BCUT2D eigenvalue weighted by Crippen LogP contribution is 2.21. The lowest BCUT2D eigenvalue weighted by Crippen LogP contribution is -2.22. The van der Waals surface area contributed by atoms with Crippen LogP contribution in [0.25, 0.3) is 0 Å². The van der Waals surface area contributed by atoms with Crippen LogP contribution in [0, 0.1) is 0 Å². The lowest BCUT2D eigenvalue weighted by atomic mass is 9.95. The van der Waals surface area contributed by atoms with Gasteiger partial charge in [-0.25, -0.2) is 4.79 Å². The van der Waals surface area contributed by atoms with Crippen LogP contribution < -0.4 is 0 Å². The summed E-state index contributed by atoms with van der Waals surface area (Å²) in [4.78, 5) is 23.3. The second kappa shape index (κ2) is 5.10. The Morgan fingerprint density at radius 2 is 2.24 bits per heavy atom.